The Hall–Kier alpha value is -1.65. The number of rotatable bonds is 4. The number of anilines is 1. The van der Waals surface area contributed by atoms with Gasteiger partial charge in [0.1, 0.15) is 11.6 Å². The molecule has 19 heavy (non-hydrogen) atoms. The average Bonchev–Trinajstić information content (AvgIpc) is 2.38. The molecule has 1 aliphatic carbocycles. The first-order valence-electron chi connectivity index (χ1n) is 6.99. The fourth-order valence-corrected chi connectivity index (χ4v) is 2.62. The first-order valence-corrected chi connectivity index (χ1v) is 6.99. The number of nitrogens with two attached hydrogens (primary N) is 1. The summed E-state index contributed by atoms with van der Waals surface area (Å²) in [5.41, 5.74) is 6.40. The van der Waals surface area contributed by atoms with Crippen LogP contribution in [0, 0.1) is 12.8 Å². The molecule has 5 nitrogen and oxygen atoms in total. The first-order chi connectivity index (χ1) is 9.08. The van der Waals surface area contributed by atoms with Gasteiger partial charge >= 0.3 is 0 Å². The van der Waals surface area contributed by atoms with E-state index in [1.807, 2.05) is 13.0 Å². The Balaban J connectivity index is 1.95. The second-order valence-electron chi connectivity index (χ2n) is 5.24. The molecular formula is C14H22N4O. The number of aryl methyl sites for hydroxylation is 2. The highest BCUT2D eigenvalue weighted by Crippen LogP contribution is 2.26. The summed E-state index contributed by atoms with van der Waals surface area (Å²) in [5, 5.41) is 3.45. The van der Waals surface area contributed by atoms with E-state index in [0.29, 0.717) is 6.04 Å². The molecule has 3 N–H and O–H groups in total. The highest BCUT2D eigenvalue weighted by atomic mass is 16.1. The molecule has 1 aliphatic rings. The molecule has 0 unspecified atom stereocenters. The van der Waals surface area contributed by atoms with E-state index < -0.39 is 0 Å². The number of primary amides is 1. The van der Waals surface area contributed by atoms with Crippen molar-refractivity contribution in [2.45, 2.75) is 52.0 Å². The quantitative estimate of drug-likeness (QED) is 0.867. The van der Waals surface area contributed by atoms with Crippen molar-refractivity contribution < 1.29 is 4.79 Å². The maximum atomic E-state index is 11.1. The number of carbonyl (C=O) groups excluding carboxylic acids is 1. The second kappa shape index (κ2) is 5.99. The number of aromatic nitrogens is 2. The van der Waals surface area contributed by atoms with E-state index >= 15 is 0 Å². The van der Waals surface area contributed by atoms with Gasteiger partial charge in [0, 0.05) is 23.7 Å². The van der Waals surface area contributed by atoms with Gasteiger partial charge in [-0.05, 0) is 39.0 Å². The van der Waals surface area contributed by atoms with Gasteiger partial charge in [-0.1, -0.05) is 6.92 Å². The van der Waals surface area contributed by atoms with E-state index in [2.05, 4.69) is 22.2 Å². The van der Waals surface area contributed by atoms with Crippen LogP contribution in [0.5, 0.6) is 0 Å². The molecule has 5 heteroatoms. The molecule has 0 bridgehead atoms. The average molecular weight is 262 g/mol. The minimum absolute atomic E-state index is 0.0522. The normalized spacial score (nSPS) is 23.1. The Labute approximate surface area is 114 Å². The first kappa shape index (κ1) is 13.8. The van der Waals surface area contributed by atoms with Crippen LogP contribution in [0.1, 0.15) is 44.1 Å². The van der Waals surface area contributed by atoms with E-state index in [1.165, 1.54) is 0 Å². The van der Waals surface area contributed by atoms with Crippen LogP contribution in [-0.2, 0) is 11.2 Å². The van der Waals surface area contributed by atoms with Crippen LogP contribution in [0.15, 0.2) is 6.07 Å². The Kier molecular flexibility index (Phi) is 4.35. The summed E-state index contributed by atoms with van der Waals surface area (Å²) < 4.78 is 0. The van der Waals surface area contributed by atoms with Gasteiger partial charge in [0.05, 0.1) is 0 Å². The highest BCUT2D eigenvalue weighted by Gasteiger charge is 2.24. The number of amides is 1. The van der Waals surface area contributed by atoms with Gasteiger partial charge in [-0.2, -0.15) is 0 Å². The van der Waals surface area contributed by atoms with Crippen LogP contribution in [0.3, 0.4) is 0 Å². The molecule has 1 aromatic rings. The van der Waals surface area contributed by atoms with Gasteiger partial charge < -0.3 is 11.1 Å². The molecule has 0 saturated heterocycles. The molecule has 1 amide bonds. The lowest BCUT2D eigenvalue weighted by Crippen LogP contribution is -2.32. The predicted molar refractivity (Wildman–Crippen MR) is 74.7 cm³/mol. The summed E-state index contributed by atoms with van der Waals surface area (Å²) in [6.07, 6.45) is 4.60. The molecular weight excluding hydrogens is 240 g/mol. The van der Waals surface area contributed by atoms with Crippen LogP contribution in [-0.4, -0.2) is 21.9 Å². The van der Waals surface area contributed by atoms with Crippen molar-refractivity contribution in [2.24, 2.45) is 11.7 Å². The van der Waals surface area contributed by atoms with E-state index in [9.17, 15) is 4.79 Å². The Morgan fingerprint density at radius 3 is 2.63 bits per heavy atom. The predicted octanol–water partition coefficient (Wildman–Crippen LogP) is 1.80. The summed E-state index contributed by atoms with van der Waals surface area (Å²) in [4.78, 5) is 19.9. The zero-order chi connectivity index (χ0) is 13.8. The van der Waals surface area contributed by atoms with Gasteiger partial charge in [0.2, 0.25) is 5.91 Å². The summed E-state index contributed by atoms with van der Waals surface area (Å²) >= 11 is 0. The largest absolute Gasteiger partial charge is 0.369 e. The van der Waals surface area contributed by atoms with Crippen molar-refractivity contribution >= 4 is 11.7 Å². The maximum Gasteiger partial charge on any atom is 0.220 e. The lowest BCUT2D eigenvalue weighted by molar-refractivity contribution is -0.122. The molecule has 0 aliphatic heterocycles. The maximum absolute atomic E-state index is 11.1. The molecule has 104 valence electrons. The monoisotopic (exact) mass is 262 g/mol. The fraction of sp³-hybridized carbons (Fsp3) is 0.643. The van der Waals surface area contributed by atoms with Gasteiger partial charge in [0.15, 0.2) is 0 Å². The fourth-order valence-electron chi connectivity index (χ4n) is 2.62. The summed E-state index contributed by atoms with van der Waals surface area (Å²) in [6.45, 7) is 4.00. The van der Waals surface area contributed by atoms with E-state index in [0.717, 1.165) is 49.4 Å². The van der Waals surface area contributed by atoms with Crippen LogP contribution in [0.25, 0.3) is 0 Å². The van der Waals surface area contributed by atoms with Gasteiger partial charge in [-0.3, -0.25) is 4.79 Å². The van der Waals surface area contributed by atoms with Crippen LogP contribution in [0.4, 0.5) is 5.82 Å². The van der Waals surface area contributed by atoms with Gasteiger partial charge in [-0.25, -0.2) is 9.97 Å². The lowest BCUT2D eigenvalue weighted by Gasteiger charge is -2.27. The number of hydrogen-bond acceptors (Lipinski definition) is 4. The molecule has 0 aromatic carbocycles. The summed E-state index contributed by atoms with van der Waals surface area (Å²) in [7, 11) is 0. The molecule has 1 fully saturated rings. The third-order valence-electron chi connectivity index (χ3n) is 3.73. The lowest BCUT2D eigenvalue weighted by atomic mass is 9.85. The third-order valence-corrected chi connectivity index (χ3v) is 3.73. The number of nitrogens with zero attached hydrogens (tertiary/aromatic N) is 2. The topological polar surface area (TPSA) is 80.9 Å². The highest BCUT2D eigenvalue weighted by molar-refractivity contribution is 5.76. The SMILES string of the molecule is CCc1cc(NC2CCC(C(N)=O)CC2)nc(C)n1. The molecule has 0 radical (unpaired) electrons. The second-order valence-corrected chi connectivity index (χ2v) is 5.24. The third kappa shape index (κ3) is 3.66. The summed E-state index contributed by atoms with van der Waals surface area (Å²) in [5.74, 6) is 1.58. The van der Waals surface area contributed by atoms with Gasteiger partial charge in [0.25, 0.3) is 0 Å². The standard InChI is InChI=1S/C14H22N4O/c1-3-11-8-13(17-9(2)16-11)18-12-6-4-10(5-7-12)14(15)19/h8,10,12H,3-7H2,1-2H3,(H2,15,19)(H,16,17,18). The molecule has 1 heterocycles. The van der Waals surface area contributed by atoms with Crippen molar-refractivity contribution in [3.8, 4) is 0 Å². The van der Waals surface area contributed by atoms with Crippen LogP contribution >= 0.6 is 0 Å². The minimum atomic E-state index is -0.162. The van der Waals surface area contributed by atoms with Crippen molar-refractivity contribution in [2.75, 3.05) is 5.32 Å². The van der Waals surface area contributed by atoms with Crippen LogP contribution < -0.4 is 11.1 Å². The van der Waals surface area contributed by atoms with Crippen molar-refractivity contribution in [1.82, 2.24) is 9.97 Å². The van der Waals surface area contributed by atoms with E-state index in [4.69, 9.17) is 5.73 Å². The zero-order valence-electron chi connectivity index (χ0n) is 11.6. The summed E-state index contributed by atoms with van der Waals surface area (Å²) in [6, 6.07) is 2.39. The smallest absolute Gasteiger partial charge is 0.220 e. The van der Waals surface area contributed by atoms with Gasteiger partial charge in [-0.15, -0.1) is 0 Å². The van der Waals surface area contributed by atoms with Crippen molar-refractivity contribution in [3.05, 3.63) is 17.6 Å². The molecule has 2 rings (SSSR count). The number of nitrogens with one attached hydrogen (secondary N) is 1. The minimum Gasteiger partial charge on any atom is -0.369 e. The molecule has 1 aromatic heterocycles. The van der Waals surface area contributed by atoms with Crippen molar-refractivity contribution in [3.63, 3.8) is 0 Å². The molecule has 0 atom stereocenters. The van der Waals surface area contributed by atoms with Crippen LogP contribution in [0.2, 0.25) is 0 Å². The zero-order valence-corrected chi connectivity index (χ0v) is 11.6. The Bertz CT molecular complexity index is 453. The molecule has 1 saturated carbocycles. The Morgan fingerprint density at radius 1 is 1.37 bits per heavy atom. The van der Waals surface area contributed by atoms with E-state index in [1.54, 1.807) is 0 Å². The van der Waals surface area contributed by atoms with Crippen molar-refractivity contribution in [1.29, 1.82) is 0 Å². The Morgan fingerprint density at radius 2 is 2.05 bits per heavy atom. The number of hydrogen-bond donors (Lipinski definition) is 2. The molecule has 0 spiro atoms. The van der Waals surface area contributed by atoms with E-state index in [-0.39, 0.29) is 11.8 Å². The number of carbonyl (C=O) groups is 1.